The maximum Gasteiger partial charge on any atom is 0.234 e. The Kier molecular flexibility index (Phi) is 5.59. The first-order valence-corrected chi connectivity index (χ1v) is 14.1. The van der Waals surface area contributed by atoms with Gasteiger partial charge in [0.15, 0.2) is 5.65 Å². The zero-order valence-corrected chi connectivity index (χ0v) is 19.6. The predicted molar refractivity (Wildman–Crippen MR) is 120 cm³/mol. The molecule has 156 valence electrons. The summed E-state index contributed by atoms with van der Waals surface area (Å²) in [5.41, 5.74) is 2.49. The van der Waals surface area contributed by atoms with Gasteiger partial charge in [0, 0.05) is 18.4 Å². The number of rotatable bonds is 6. The molecule has 0 spiro atoms. The quantitative estimate of drug-likeness (QED) is 0.562. The van der Waals surface area contributed by atoms with Gasteiger partial charge in [0.2, 0.25) is 10.0 Å². The van der Waals surface area contributed by atoms with E-state index in [1.807, 2.05) is 30.8 Å². The van der Waals surface area contributed by atoms with Gasteiger partial charge >= 0.3 is 0 Å². The number of nitrogens with one attached hydrogen (secondary N) is 2. The van der Waals surface area contributed by atoms with Gasteiger partial charge in [-0.15, -0.1) is 0 Å². The van der Waals surface area contributed by atoms with Crippen LogP contribution in [0, 0.1) is 0 Å². The second kappa shape index (κ2) is 7.55. The highest BCUT2D eigenvalue weighted by Gasteiger charge is 2.39. The standard InChI is InChI=1S/C20H29N5O2SSi/c1-7-25-19-17(14-22-25)18(12-13-21-19)23-15-8-10-16(11-9-15)28(26,27)24-29(5,6)20(2,3)4/h8-14,24H,7H2,1-6H3,(H,21,23). The lowest BCUT2D eigenvalue weighted by Crippen LogP contribution is -2.54. The van der Waals surface area contributed by atoms with Crippen LogP contribution in [0.1, 0.15) is 27.7 Å². The summed E-state index contributed by atoms with van der Waals surface area (Å²) in [4.78, 5) is 4.66. The first-order valence-electron chi connectivity index (χ1n) is 9.66. The Bertz CT molecular complexity index is 1120. The minimum atomic E-state index is -3.56. The molecule has 0 radical (unpaired) electrons. The summed E-state index contributed by atoms with van der Waals surface area (Å²) in [5, 5.41) is 8.52. The predicted octanol–water partition coefficient (Wildman–Crippen LogP) is 4.48. The molecule has 0 atom stereocenters. The number of benzene rings is 1. The van der Waals surface area contributed by atoms with E-state index in [-0.39, 0.29) is 9.93 Å². The number of hydrogen-bond donors (Lipinski definition) is 2. The van der Waals surface area contributed by atoms with Crippen LogP contribution in [0.5, 0.6) is 0 Å². The fraction of sp³-hybridized carbons (Fsp3) is 0.400. The van der Waals surface area contributed by atoms with Gasteiger partial charge in [-0.25, -0.2) is 22.5 Å². The molecule has 0 saturated heterocycles. The van der Waals surface area contributed by atoms with Crippen LogP contribution in [-0.2, 0) is 16.6 Å². The van der Waals surface area contributed by atoms with Crippen molar-refractivity contribution in [2.75, 3.05) is 5.32 Å². The van der Waals surface area contributed by atoms with Gasteiger partial charge in [-0.05, 0) is 42.3 Å². The number of hydrogen-bond acceptors (Lipinski definition) is 5. The number of nitrogens with zero attached hydrogens (tertiary/aromatic N) is 3. The Hall–Kier alpha value is -2.23. The molecule has 2 heterocycles. The van der Waals surface area contributed by atoms with Crippen molar-refractivity contribution in [2.45, 2.75) is 57.3 Å². The molecule has 0 unspecified atom stereocenters. The summed E-state index contributed by atoms with van der Waals surface area (Å²) in [5.74, 6) is 0. The average molecular weight is 432 g/mol. The second-order valence-electron chi connectivity index (χ2n) is 8.69. The third-order valence-electron chi connectivity index (χ3n) is 5.55. The highest BCUT2D eigenvalue weighted by Crippen LogP contribution is 2.35. The molecule has 0 bridgehead atoms. The molecular formula is C20H29N5O2SSi. The van der Waals surface area contributed by atoms with E-state index in [9.17, 15) is 8.42 Å². The number of pyridine rings is 1. The normalized spacial score (nSPS) is 13.0. The van der Waals surface area contributed by atoms with E-state index in [0.29, 0.717) is 0 Å². The van der Waals surface area contributed by atoms with Gasteiger partial charge in [-0.3, -0.25) is 0 Å². The maximum atomic E-state index is 12.9. The Morgan fingerprint density at radius 1 is 1.10 bits per heavy atom. The number of anilines is 2. The van der Waals surface area contributed by atoms with Gasteiger partial charge in [-0.2, -0.15) is 5.10 Å². The zero-order chi connectivity index (χ0) is 21.4. The van der Waals surface area contributed by atoms with Gasteiger partial charge in [0.05, 0.1) is 22.2 Å². The zero-order valence-electron chi connectivity index (χ0n) is 17.8. The SMILES string of the molecule is CCn1ncc2c(Nc3ccc(S(=O)(=O)N[Si](C)(C)C(C)(C)C)cc3)ccnc21. The molecule has 2 N–H and O–H groups in total. The molecule has 0 saturated carbocycles. The van der Waals surface area contributed by atoms with Crippen LogP contribution in [0.2, 0.25) is 18.1 Å². The molecule has 0 fully saturated rings. The van der Waals surface area contributed by atoms with Gasteiger partial charge in [0.1, 0.15) is 8.24 Å². The summed E-state index contributed by atoms with van der Waals surface area (Å²) in [7, 11) is -5.76. The topological polar surface area (TPSA) is 88.9 Å². The van der Waals surface area contributed by atoms with Crippen molar-refractivity contribution in [3.05, 3.63) is 42.7 Å². The first kappa shape index (κ1) is 21.5. The highest BCUT2D eigenvalue weighted by molar-refractivity contribution is 7.91. The Morgan fingerprint density at radius 2 is 1.76 bits per heavy atom. The average Bonchev–Trinajstić information content (AvgIpc) is 3.04. The molecule has 0 amide bonds. The first-order chi connectivity index (χ1) is 13.4. The molecular weight excluding hydrogens is 402 g/mol. The summed E-state index contributed by atoms with van der Waals surface area (Å²) in [6, 6.07) is 8.69. The van der Waals surface area contributed by atoms with Crippen LogP contribution >= 0.6 is 0 Å². The van der Waals surface area contributed by atoms with E-state index in [0.717, 1.165) is 29.0 Å². The fourth-order valence-corrected chi connectivity index (χ4v) is 7.62. The smallest absolute Gasteiger partial charge is 0.234 e. The molecule has 0 aliphatic rings. The number of fused-ring (bicyclic) bond motifs is 1. The van der Waals surface area contributed by atoms with Crippen molar-refractivity contribution in [2.24, 2.45) is 0 Å². The Labute approximate surface area is 173 Å². The van der Waals surface area contributed by atoms with Crippen LogP contribution in [0.3, 0.4) is 0 Å². The van der Waals surface area contributed by atoms with E-state index in [4.69, 9.17) is 0 Å². The molecule has 29 heavy (non-hydrogen) atoms. The molecule has 3 rings (SSSR count). The van der Waals surface area contributed by atoms with Crippen molar-refractivity contribution in [1.82, 2.24) is 19.2 Å². The third-order valence-corrected chi connectivity index (χ3v) is 13.3. The van der Waals surface area contributed by atoms with Gasteiger partial charge in [0.25, 0.3) is 0 Å². The second-order valence-corrected chi connectivity index (χ2v) is 15.7. The monoisotopic (exact) mass is 431 g/mol. The van der Waals surface area contributed by atoms with E-state index >= 15 is 0 Å². The lowest BCUT2D eigenvalue weighted by atomic mass is 10.2. The molecule has 0 aliphatic carbocycles. The van der Waals surface area contributed by atoms with Crippen LogP contribution in [0.25, 0.3) is 11.0 Å². The fourth-order valence-electron chi connectivity index (χ4n) is 2.74. The van der Waals surface area contributed by atoms with Crippen molar-refractivity contribution >= 4 is 40.7 Å². The Morgan fingerprint density at radius 3 is 2.34 bits per heavy atom. The van der Waals surface area contributed by atoms with Crippen molar-refractivity contribution in [3.8, 4) is 0 Å². The molecule has 3 aromatic rings. The van der Waals surface area contributed by atoms with E-state index in [2.05, 4.69) is 40.6 Å². The summed E-state index contributed by atoms with van der Waals surface area (Å²) in [6.45, 7) is 13.1. The van der Waals surface area contributed by atoms with Crippen LogP contribution < -0.4 is 9.70 Å². The van der Waals surface area contributed by atoms with Crippen molar-refractivity contribution in [3.63, 3.8) is 0 Å². The number of sulfonamides is 1. The van der Waals surface area contributed by atoms with Crippen molar-refractivity contribution in [1.29, 1.82) is 0 Å². The minimum absolute atomic E-state index is 0.0861. The number of aromatic nitrogens is 3. The van der Waals surface area contributed by atoms with Gasteiger partial charge < -0.3 is 5.32 Å². The van der Waals surface area contributed by atoms with E-state index in [1.165, 1.54) is 0 Å². The molecule has 1 aromatic carbocycles. The lowest BCUT2D eigenvalue weighted by molar-refractivity contribution is 0.589. The van der Waals surface area contributed by atoms with E-state index in [1.54, 1.807) is 36.7 Å². The van der Waals surface area contributed by atoms with Gasteiger partial charge in [-0.1, -0.05) is 33.9 Å². The van der Waals surface area contributed by atoms with E-state index < -0.39 is 18.3 Å². The summed E-state index contributed by atoms with van der Waals surface area (Å²) < 4.78 is 30.5. The van der Waals surface area contributed by atoms with Crippen molar-refractivity contribution < 1.29 is 8.42 Å². The Balaban J connectivity index is 1.83. The number of aryl methyl sites for hydroxylation is 1. The molecule has 2 aromatic heterocycles. The highest BCUT2D eigenvalue weighted by atomic mass is 32.2. The summed E-state index contributed by atoms with van der Waals surface area (Å²) in [6.07, 6.45) is 3.52. The van der Waals surface area contributed by atoms with Crippen LogP contribution in [0.15, 0.2) is 47.6 Å². The summed E-state index contributed by atoms with van der Waals surface area (Å²) >= 11 is 0. The molecule has 9 heteroatoms. The third kappa shape index (κ3) is 4.36. The largest absolute Gasteiger partial charge is 0.355 e. The lowest BCUT2D eigenvalue weighted by Gasteiger charge is -2.36. The van der Waals surface area contributed by atoms with Crippen LogP contribution in [-0.4, -0.2) is 31.4 Å². The molecule has 7 nitrogen and oxygen atoms in total. The van der Waals surface area contributed by atoms with Crippen LogP contribution in [0.4, 0.5) is 11.4 Å². The maximum absolute atomic E-state index is 12.9. The molecule has 0 aliphatic heterocycles. The minimum Gasteiger partial charge on any atom is -0.355 e.